The number of fused-ring (bicyclic) bond motifs is 1. The number of nitrogens with zero attached hydrogens (tertiary/aromatic N) is 1. The van der Waals surface area contributed by atoms with Crippen LogP contribution in [-0.4, -0.2) is 23.6 Å². The standard InChI is InChI=1S/C17H25N3O/c1-3-9-18-13-14-5-6-16-15(12-14)7-10-20(16)11-8-17(21)19-4-2/h5-7,10,12,18H,3-4,8-9,11,13H2,1-2H3,(H,19,21). The van der Waals surface area contributed by atoms with Gasteiger partial charge in [-0.25, -0.2) is 0 Å². The third kappa shape index (κ3) is 4.33. The summed E-state index contributed by atoms with van der Waals surface area (Å²) >= 11 is 0. The van der Waals surface area contributed by atoms with Crippen LogP contribution in [0.5, 0.6) is 0 Å². The second-order valence-corrected chi connectivity index (χ2v) is 5.28. The van der Waals surface area contributed by atoms with Crippen molar-refractivity contribution in [3.05, 3.63) is 36.0 Å². The van der Waals surface area contributed by atoms with Gasteiger partial charge < -0.3 is 15.2 Å². The summed E-state index contributed by atoms with van der Waals surface area (Å²) in [5.41, 5.74) is 2.50. The molecule has 2 aromatic rings. The molecule has 2 rings (SSSR count). The lowest BCUT2D eigenvalue weighted by Crippen LogP contribution is -2.23. The molecule has 0 aliphatic heterocycles. The summed E-state index contributed by atoms with van der Waals surface area (Å²) in [5, 5.41) is 7.49. The number of carbonyl (C=O) groups excluding carboxylic acids is 1. The van der Waals surface area contributed by atoms with E-state index in [-0.39, 0.29) is 5.91 Å². The molecule has 0 saturated heterocycles. The van der Waals surface area contributed by atoms with Crippen LogP contribution in [0.2, 0.25) is 0 Å². The van der Waals surface area contributed by atoms with Crippen LogP contribution in [0.4, 0.5) is 0 Å². The van der Waals surface area contributed by atoms with E-state index in [1.807, 2.05) is 6.92 Å². The summed E-state index contributed by atoms with van der Waals surface area (Å²) in [6, 6.07) is 8.65. The van der Waals surface area contributed by atoms with Gasteiger partial charge in [0.1, 0.15) is 0 Å². The monoisotopic (exact) mass is 287 g/mol. The van der Waals surface area contributed by atoms with Crippen molar-refractivity contribution in [1.29, 1.82) is 0 Å². The minimum Gasteiger partial charge on any atom is -0.356 e. The van der Waals surface area contributed by atoms with Gasteiger partial charge in [-0.05, 0) is 49.0 Å². The first-order valence-electron chi connectivity index (χ1n) is 7.79. The molecule has 2 N–H and O–H groups in total. The fourth-order valence-corrected chi connectivity index (χ4v) is 2.47. The van der Waals surface area contributed by atoms with E-state index in [2.05, 4.69) is 52.6 Å². The lowest BCUT2D eigenvalue weighted by molar-refractivity contribution is -0.121. The number of benzene rings is 1. The van der Waals surface area contributed by atoms with E-state index in [0.717, 1.165) is 26.1 Å². The number of rotatable bonds is 8. The Morgan fingerprint density at radius 2 is 2.10 bits per heavy atom. The van der Waals surface area contributed by atoms with Crippen LogP contribution in [0.25, 0.3) is 10.9 Å². The zero-order valence-electron chi connectivity index (χ0n) is 13.0. The summed E-state index contributed by atoms with van der Waals surface area (Å²) < 4.78 is 2.15. The Hall–Kier alpha value is -1.81. The average molecular weight is 287 g/mol. The highest BCUT2D eigenvalue weighted by molar-refractivity contribution is 5.81. The van der Waals surface area contributed by atoms with Crippen molar-refractivity contribution in [3.8, 4) is 0 Å². The Labute approximate surface area is 126 Å². The molecule has 0 saturated carbocycles. The molecule has 0 atom stereocenters. The largest absolute Gasteiger partial charge is 0.356 e. The van der Waals surface area contributed by atoms with Crippen LogP contribution in [0.15, 0.2) is 30.5 Å². The number of carbonyl (C=O) groups is 1. The first-order chi connectivity index (χ1) is 10.2. The fourth-order valence-electron chi connectivity index (χ4n) is 2.47. The molecule has 0 bridgehead atoms. The average Bonchev–Trinajstić information content (AvgIpc) is 2.88. The van der Waals surface area contributed by atoms with Crippen LogP contribution in [0.1, 0.15) is 32.3 Å². The van der Waals surface area contributed by atoms with Crippen molar-refractivity contribution in [2.45, 2.75) is 39.8 Å². The van der Waals surface area contributed by atoms with E-state index >= 15 is 0 Å². The summed E-state index contributed by atoms with van der Waals surface area (Å²) in [7, 11) is 0. The van der Waals surface area contributed by atoms with Crippen LogP contribution in [0, 0.1) is 0 Å². The van der Waals surface area contributed by atoms with Crippen LogP contribution in [0.3, 0.4) is 0 Å². The van der Waals surface area contributed by atoms with Gasteiger partial charge >= 0.3 is 0 Å². The van der Waals surface area contributed by atoms with E-state index in [1.165, 1.54) is 16.5 Å². The lowest BCUT2D eigenvalue weighted by Gasteiger charge is -2.07. The predicted octanol–water partition coefficient (Wildman–Crippen LogP) is 2.67. The summed E-state index contributed by atoms with van der Waals surface area (Å²) in [6.07, 6.45) is 3.74. The Balaban J connectivity index is 2.01. The van der Waals surface area contributed by atoms with Gasteiger partial charge in [0.2, 0.25) is 5.91 Å². The zero-order valence-corrected chi connectivity index (χ0v) is 13.0. The SMILES string of the molecule is CCCNCc1ccc2c(ccn2CCC(=O)NCC)c1. The predicted molar refractivity (Wildman–Crippen MR) is 87.2 cm³/mol. The summed E-state index contributed by atoms with van der Waals surface area (Å²) in [6.45, 7) is 7.49. The van der Waals surface area contributed by atoms with Crippen molar-refractivity contribution >= 4 is 16.8 Å². The minimum atomic E-state index is 0.111. The van der Waals surface area contributed by atoms with Gasteiger partial charge in [-0.2, -0.15) is 0 Å². The Bertz CT molecular complexity index is 589. The number of nitrogens with one attached hydrogen (secondary N) is 2. The van der Waals surface area contributed by atoms with Crippen LogP contribution in [-0.2, 0) is 17.9 Å². The quantitative estimate of drug-likeness (QED) is 0.733. The molecule has 0 radical (unpaired) electrons. The van der Waals surface area contributed by atoms with E-state index in [4.69, 9.17) is 0 Å². The van der Waals surface area contributed by atoms with Crippen molar-refractivity contribution in [3.63, 3.8) is 0 Å². The first kappa shape index (κ1) is 15.6. The maximum atomic E-state index is 11.5. The molecule has 1 amide bonds. The van der Waals surface area contributed by atoms with E-state index in [1.54, 1.807) is 0 Å². The second kappa shape index (κ2) is 7.84. The molecule has 0 aliphatic rings. The van der Waals surface area contributed by atoms with E-state index < -0.39 is 0 Å². The first-order valence-corrected chi connectivity index (χ1v) is 7.79. The Morgan fingerprint density at radius 3 is 2.86 bits per heavy atom. The normalized spacial score (nSPS) is 11.0. The summed E-state index contributed by atoms with van der Waals surface area (Å²) in [5.74, 6) is 0.111. The van der Waals surface area contributed by atoms with E-state index in [9.17, 15) is 4.79 Å². The molecule has 0 unspecified atom stereocenters. The van der Waals surface area contributed by atoms with Crippen molar-refractivity contribution in [2.75, 3.05) is 13.1 Å². The maximum absolute atomic E-state index is 11.5. The Morgan fingerprint density at radius 1 is 1.24 bits per heavy atom. The molecule has 1 aromatic carbocycles. The third-order valence-electron chi connectivity index (χ3n) is 3.55. The van der Waals surface area contributed by atoms with Gasteiger partial charge in [0.25, 0.3) is 0 Å². The topological polar surface area (TPSA) is 46.1 Å². The number of hydrogen-bond donors (Lipinski definition) is 2. The molecule has 21 heavy (non-hydrogen) atoms. The smallest absolute Gasteiger partial charge is 0.221 e. The third-order valence-corrected chi connectivity index (χ3v) is 3.55. The molecule has 1 heterocycles. The molecular weight excluding hydrogens is 262 g/mol. The number of amides is 1. The Kier molecular flexibility index (Phi) is 5.81. The molecule has 0 aliphatic carbocycles. The maximum Gasteiger partial charge on any atom is 0.221 e. The molecule has 1 aromatic heterocycles. The number of aromatic nitrogens is 1. The molecule has 0 spiro atoms. The van der Waals surface area contributed by atoms with Crippen molar-refractivity contribution < 1.29 is 4.79 Å². The van der Waals surface area contributed by atoms with Crippen molar-refractivity contribution in [2.24, 2.45) is 0 Å². The molecule has 0 fully saturated rings. The van der Waals surface area contributed by atoms with E-state index in [0.29, 0.717) is 13.0 Å². The van der Waals surface area contributed by atoms with Crippen molar-refractivity contribution in [1.82, 2.24) is 15.2 Å². The second-order valence-electron chi connectivity index (χ2n) is 5.28. The van der Waals surface area contributed by atoms with Gasteiger partial charge in [-0.15, -0.1) is 0 Å². The highest BCUT2D eigenvalue weighted by Gasteiger charge is 2.05. The van der Waals surface area contributed by atoms with Gasteiger partial charge in [-0.3, -0.25) is 4.79 Å². The van der Waals surface area contributed by atoms with Gasteiger partial charge in [0.05, 0.1) is 0 Å². The van der Waals surface area contributed by atoms with Gasteiger partial charge in [-0.1, -0.05) is 13.0 Å². The fraction of sp³-hybridized carbons (Fsp3) is 0.471. The molecule has 4 nitrogen and oxygen atoms in total. The zero-order chi connectivity index (χ0) is 15.1. The minimum absolute atomic E-state index is 0.111. The number of hydrogen-bond acceptors (Lipinski definition) is 2. The molecule has 114 valence electrons. The van der Waals surface area contributed by atoms with Gasteiger partial charge in [0, 0.05) is 37.8 Å². The molecular formula is C17H25N3O. The van der Waals surface area contributed by atoms with Crippen LogP contribution < -0.4 is 10.6 Å². The van der Waals surface area contributed by atoms with Gasteiger partial charge in [0.15, 0.2) is 0 Å². The van der Waals surface area contributed by atoms with Crippen LogP contribution >= 0.6 is 0 Å². The highest BCUT2D eigenvalue weighted by Crippen LogP contribution is 2.18. The molecule has 4 heteroatoms. The highest BCUT2D eigenvalue weighted by atomic mass is 16.1. The number of aryl methyl sites for hydroxylation is 1. The summed E-state index contributed by atoms with van der Waals surface area (Å²) in [4.78, 5) is 11.5. The lowest BCUT2D eigenvalue weighted by atomic mass is 10.1.